The summed E-state index contributed by atoms with van der Waals surface area (Å²) in [4.78, 5) is 10.6. The van der Waals surface area contributed by atoms with Crippen LogP contribution in [0.2, 0.25) is 0 Å². The van der Waals surface area contributed by atoms with Crippen LogP contribution < -0.4 is 5.32 Å². The average molecular weight is 760 g/mol. The standard InChI is InChI=1S/C53H33N3OS/c1-2-10-32(11-3-1)35-21-22-37-30-40(25-23-36(37)28-35)52-54-51(39-24-20-33-12-4-5-13-34(33)29-39)55-53(56-52)44-17-9-18-46-49(44)43-16-8-15-41(50(43)57-46)38-26-27-48-45(31-38)42-14-6-7-19-47(42)58-48/h1-31,52H,(H,54,55,56). The minimum absolute atomic E-state index is 0.372. The van der Waals surface area contributed by atoms with Crippen molar-refractivity contribution >= 4 is 86.7 Å². The van der Waals surface area contributed by atoms with E-state index in [-0.39, 0.29) is 6.17 Å². The number of nitrogens with one attached hydrogen (secondary N) is 1. The number of nitrogens with zero attached hydrogens (tertiary/aromatic N) is 2. The topological polar surface area (TPSA) is 49.9 Å². The van der Waals surface area contributed by atoms with E-state index in [0.717, 1.165) is 66.4 Å². The normalized spacial score (nSPS) is 14.4. The molecule has 3 heterocycles. The van der Waals surface area contributed by atoms with Gasteiger partial charge in [-0.1, -0.05) is 146 Å². The Hall–Kier alpha value is -7.34. The molecule has 9 aromatic carbocycles. The second kappa shape index (κ2) is 13.1. The number of amidine groups is 2. The number of hydrogen-bond donors (Lipinski definition) is 1. The molecular weight excluding hydrogens is 727 g/mol. The first kappa shape index (κ1) is 32.9. The van der Waals surface area contributed by atoms with Gasteiger partial charge in [-0.3, -0.25) is 0 Å². The summed E-state index contributed by atoms with van der Waals surface area (Å²) in [5, 5.41) is 13.1. The van der Waals surface area contributed by atoms with E-state index in [1.807, 2.05) is 11.3 Å². The van der Waals surface area contributed by atoms with E-state index >= 15 is 0 Å². The SMILES string of the molecule is c1ccc(-c2ccc3cc(C4N=C(c5ccc6ccccc6c5)N=C(c5cccc6oc7c(-c8ccc9sc%10ccccc%10c9c8)cccc7c56)N4)ccc3c2)cc1. The van der Waals surface area contributed by atoms with Crippen molar-refractivity contribution < 1.29 is 4.42 Å². The first-order valence-corrected chi connectivity index (χ1v) is 20.4. The summed E-state index contributed by atoms with van der Waals surface area (Å²) < 4.78 is 9.38. The highest BCUT2D eigenvalue weighted by atomic mass is 32.1. The minimum atomic E-state index is -0.372. The van der Waals surface area contributed by atoms with Crippen LogP contribution in [0.1, 0.15) is 22.9 Å². The Morgan fingerprint density at radius 1 is 0.466 bits per heavy atom. The monoisotopic (exact) mass is 759 g/mol. The number of para-hydroxylation sites is 1. The quantitative estimate of drug-likeness (QED) is 0.190. The average Bonchev–Trinajstić information content (AvgIpc) is 3.87. The molecule has 12 rings (SSSR count). The fourth-order valence-electron chi connectivity index (χ4n) is 8.62. The third-order valence-electron chi connectivity index (χ3n) is 11.5. The van der Waals surface area contributed by atoms with Gasteiger partial charge in [0.25, 0.3) is 0 Å². The molecule has 1 aliphatic rings. The molecule has 1 aliphatic heterocycles. The van der Waals surface area contributed by atoms with Gasteiger partial charge in [-0.15, -0.1) is 11.3 Å². The lowest BCUT2D eigenvalue weighted by Crippen LogP contribution is -2.33. The predicted octanol–water partition coefficient (Wildman–Crippen LogP) is 14.1. The molecule has 58 heavy (non-hydrogen) atoms. The lowest BCUT2D eigenvalue weighted by atomic mass is 9.98. The van der Waals surface area contributed by atoms with Crippen molar-refractivity contribution in [1.29, 1.82) is 0 Å². The Labute approximate surface area is 338 Å². The van der Waals surface area contributed by atoms with Gasteiger partial charge >= 0.3 is 0 Å². The number of benzene rings is 9. The van der Waals surface area contributed by atoms with Gasteiger partial charge in [0.05, 0.1) is 0 Å². The summed E-state index contributed by atoms with van der Waals surface area (Å²) in [6.45, 7) is 0. The number of rotatable bonds is 5. The summed E-state index contributed by atoms with van der Waals surface area (Å²) in [6, 6.07) is 66.9. The maximum atomic E-state index is 6.80. The molecule has 1 atom stereocenters. The van der Waals surface area contributed by atoms with Crippen molar-refractivity contribution in [2.24, 2.45) is 9.98 Å². The molecule has 0 bridgehead atoms. The molecule has 0 radical (unpaired) electrons. The maximum Gasteiger partial charge on any atom is 0.159 e. The molecule has 5 heteroatoms. The van der Waals surface area contributed by atoms with Crippen molar-refractivity contribution in [3.05, 3.63) is 205 Å². The van der Waals surface area contributed by atoms with Crippen LogP contribution in [-0.4, -0.2) is 11.7 Å². The highest BCUT2D eigenvalue weighted by Gasteiger charge is 2.25. The number of aliphatic imine (C=N–C) groups is 2. The molecule has 0 fully saturated rings. The zero-order chi connectivity index (χ0) is 38.2. The number of thiophene rings is 1. The van der Waals surface area contributed by atoms with Crippen LogP contribution in [-0.2, 0) is 0 Å². The second-order valence-corrected chi connectivity index (χ2v) is 16.1. The smallest absolute Gasteiger partial charge is 0.159 e. The lowest BCUT2D eigenvalue weighted by Gasteiger charge is -2.24. The van der Waals surface area contributed by atoms with Gasteiger partial charge in [0.1, 0.15) is 23.2 Å². The molecule has 11 aromatic rings. The Bertz CT molecular complexity index is 3500. The van der Waals surface area contributed by atoms with Gasteiger partial charge in [-0.25, -0.2) is 9.98 Å². The molecular formula is C53H33N3OS. The van der Waals surface area contributed by atoms with Gasteiger partial charge in [0.2, 0.25) is 0 Å². The highest BCUT2D eigenvalue weighted by molar-refractivity contribution is 7.25. The molecule has 2 aromatic heterocycles. The maximum absolute atomic E-state index is 6.80. The molecule has 1 unspecified atom stereocenters. The van der Waals surface area contributed by atoms with Crippen molar-refractivity contribution in [2.75, 3.05) is 0 Å². The van der Waals surface area contributed by atoms with Crippen LogP contribution in [0.15, 0.2) is 202 Å². The Morgan fingerprint density at radius 3 is 2.10 bits per heavy atom. The second-order valence-electron chi connectivity index (χ2n) is 15.0. The van der Waals surface area contributed by atoms with E-state index < -0.39 is 0 Å². The van der Waals surface area contributed by atoms with E-state index in [0.29, 0.717) is 5.84 Å². The summed E-state index contributed by atoms with van der Waals surface area (Å²) in [5.74, 6) is 1.44. The Morgan fingerprint density at radius 2 is 1.16 bits per heavy atom. The molecule has 0 saturated carbocycles. The van der Waals surface area contributed by atoms with Gasteiger partial charge in [0.15, 0.2) is 5.84 Å². The predicted molar refractivity (Wildman–Crippen MR) is 244 cm³/mol. The van der Waals surface area contributed by atoms with Crippen molar-refractivity contribution in [1.82, 2.24) is 5.32 Å². The van der Waals surface area contributed by atoms with E-state index in [9.17, 15) is 0 Å². The molecule has 4 nitrogen and oxygen atoms in total. The molecule has 0 spiro atoms. The van der Waals surface area contributed by atoms with E-state index in [2.05, 4.69) is 193 Å². The van der Waals surface area contributed by atoms with Crippen LogP contribution in [0.4, 0.5) is 0 Å². The number of fused-ring (bicyclic) bond motifs is 8. The van der Waals surface area contributed by atoms with Gasteiger partial charge in [0, 0.05) is 47.6 Å². The first-order valence-electron chi connectivity index (χ1n) is 19.6. The number of furan rings is 1. The fraction of sp³-hybridized carbons (Fsp3) is 0.0189. The van der Waals surface area contributed by atoms with Crippen molar-refractivity contribution in [3.8, 4) is 22.3 Å². The zero-order valence-corrected chi connectivity index (χ0v) is 32.0. The molecule has 0 saturated heterocycles. The Kier molecular flexibility index (Phi) is 7.43. The van der Waals surface area contributed by atoms with Crippen LogP contribution >= 0.6 is 11.3 Å². The highest BCUT2D eigenvalue weighted by Crippen LogP contribution is 2.41. The lowest BCUT2D eigenvalue weighted by molar-refractivity contribution is 0.669. The molecule has 0 aliphatic carbocycles. The third-order valence-corrected chi connectivity index (χ3v) is 12.7. The largest absolute Gasteiger partial charge is 0.455 e. The zero-order valence-electron chi connectivity index (χ0n) is 31.2. The molecule has 272 valence electrons. The van der Waals surface area contributed by atoms with Gasteiger partial charge in [-0.2, -0.15) is 0 Å². The third kappa shape index (κ3) is 5.43. The van der Waals surface area contributed by atoms with Gasteiger partial charge in [-0.05, 0) is 86.3 Å². The summed E-state index contributed by atoms with van der Waals surface area (Å²) >= 11 is 1.83. The van der Waals surface area contributed by atoms with Crippen LogP contribution in [0.5, 0.6) is 0 Å². The van der Waals surface area contributed by atoms with E-state index in [1.54, 1.807) is 0 Å². The van der Waals surface area contributed by atoms with Gasteiger partial charge < -0.3 is 9.73 Å². The fourth-order valence-corrected chi connectivity index (χ4v) is 9.71. The van der Waals surface area contributed by atoms with E-state index in [4.69, 9.17) is 14.4 Å². The summed E-state index contributed by atoms with van der Waals surface area (Å²) in [5.41, 5.74) is 9.30. The number of hydrogen-bond acceptors (Lipinski definition) is 5. The molecule has 1 N–H and O–H groups in total. The van der Waals surface area contributed by atoms with Crippen LogP contribution in [0.25, 0.3) is 85.9 Å². The van der Waals surface area contributed by atoms with Crippen molar-refractivity contribution in [2.45, 2.75) is 6.17 Å². The van der Waals surface area contributed by atoms with Crippen molar-refractivity contribution in [3.63, 3.8) is 0 Å². The van der Waals surface area contributed by atoms with Crippen LogP contribution in [0, 0.1) is 0 Å². The Balaban J connectivity index is 0.996. The first-order chi connectivity index (χ1) is 28.7. The minimum Gasteiger partial charge on any atom is -0.455 e. The summed E-state index contributed by atoms with van der Waals surface area (Å²) in [6.07, 6.45) is -0.372. The molecule has 0 amide bonds. The van der Waals surface area contributed by atoms with Crippen LogP contribution in [0.3, 0.4) is 0 Å². The van der Waals surface area contributed by atoms with E-state index in [1.165, 1.54) is 42.1 Å². The summed E-state index contributed by atoms with van der Waals surface area (Å²) in [7, 11) is 0.